The SMILES string of the molecule is CN[C@H](CO)c1cc(C)c(C)cc1O. The van der Waals surface area contributed by atoms with Crippen LogP contribution in [-0.4, -0.2) is 23.9 Å². The van der Waals surface area contributed by atoms with Crippen LogP contribution in [0.1, 0.15) is 22.7 Å². The van der Waals surface area contributed by atoms with E-state index in [2.05, 4.69) is 5.32 Å². The summed E-state index contributed by atoms with van der Waals surface area (Å²) in [6.07, 6.45) is 0. The van der Waals surface area contributed by atoms with E-state index in [9.17, 15) is 5.11 Å². The number of phenols is 1. The maximum Gasteiger partial charge on any atom is 0.120 e. The molecule has 0 radical (unpaired) electrons. The first-order valence-electron chi connectivity index (χ1n) is 4.68. The second-order valence-corrected chi connectivity index (χ2v) is 3.52. The van der Waals surface area contributed by atoms with Crippen molar-refractivity contribution in [1.29, 1.82) is 0 Å². The van der Waals surface area contributed by atoms with E-state index in [-0.39, 0.29) is 18.4 Å². The molecule has 1 aromatic carbocycles. The molecule has 0 aliphatic rings. The first-order chi connectivity index (χ1) is 6.60. The smallest absolute Gasteiger partial charge is 0.120 e. The molecule has 0 spiro atoms. The molecule has 0 heterocycles. The molecular weight excluding hydrogens is 178 g/mol. The number of rotatable bonds is 3. The fraction of sp³-hybridized carbons (Fsp3) is 0.455. The lowest BCUT2D eigenvalue weighted by Crippen LogP contribution is -2.20. The number of hydrogen-bond acceptors (Lipinski definition) is 3. The lowest BCUT2D eigenvalue weighted by atomic mass is 10.0. The van der Waals surface area contributed by atoms with E-state index in [1.54, 1.807) is 13.1 Å². The molecule has 0 saturated carbocycles. The fourth-order valence-electron chi connectivity index (χ4n) is 1.45. The summed E-state index contributed by atoms with van der Waals surface area (Å²) in [5.41, 5.74) is 2.92. The molecule has 1 aromatic rings. The number of nitrogens with one attached hydrogen (secondary N) is 1. The third kappa shape index (κ3) is 2.05. The van der Waals surface area contributed by atoms with Gasteiger partial charge in [0.1, 0.15) is 5.75 Å². The van der Waals surface area contributed by atoms with Crippen molar-refractivity contribution in [2.45, 2.75) is 19.9 Å². The molecule has 3 N–H and O–H groups in total. The summed E-state index contributed by atoms with van der Waals surface area (Å²) >= 11 is 0. The zero-order chi connectivity index (χ0) is 10.7. The molecule has 0 bridgehead atoms. The van der Waals surface area contributed by atoms with Crippen molar-refractivity contribution in [3.8, 4) is 5.75 Å². The van der Waals surface area contributed by atoms with Crippen molar-refractivity contribution >= 4 is 0 Å². The van der Waals surface area contributed by atoms with Gasteiger partial charge in [0.15, 0.2) is 0 Å². The molecule has 0 aromatic heterocycles. The monoisotopic (exact) mass is 195 g/mol. The van der Waals surface area contributed by atoms with Crippen molar-refractivity contribution < 1.29 is 10.2 Å². The number of likely N-dealkylation sites (N-methyl/N-ethyl adjacent to an activating group) is 1. The van der Waals surface area contributed by atoms with Crippen molar-refractivity contribution in [3.05, 3.63) is 28.8 Å². The zero-order valence-corrected chi connectivity index (χ0v) is 8.83. The van der Waals surface area contributed by atoms with Gasteiger partial charge in [-0.15, -0.1) is 0 Å². The molecular formula is C11H17NO2. The van der Waals surface area contributed by atoms with E-state index < -0.39 is 0 Å². The minimum Gasteiger partial charge on any atom is -0.508 e. The zero-order valence-electron chi connectivity index (χ0n) is 8.83. The van der Waals surface area contributed by atoms with Crippen molar-refractivity contribution in [2.24, 2.45) is 0 Å². The summed E-state index contributed by atoms with van der Waals surface area (Å²) in [6.45, 7) is 3.92. The Morgan fingerprint density at radius 2 is 1.86 bits per heavy atom. The molecule has 0 fully saturated rings. The average molecular weight is 195 g/mol. The highest BCUT2D eigenvalue weighted by molar-refractivity contribution is 5.42. The minimum absolute atomic E-state index is 0.0213. The van der Waals surface area contributed by atoms with Gasteiger partial charge in [-0.25, -0.2) is 0 Å². The standard InChI is InChI=1S/C11H17NO2/c1-7-4-9(10(6-13)12-3)11(14)5-8(7)2/h4-5,10,12-14H,6H2,1-3H3/t10-/m1/s1. The van der Waals surface area contributed by atoms with Gasteiger partial charge in [-0.1, -0.05) is 6.07 Å². The third-order valence-electron chi connectivity index (χ3n) is 2.55. The van der Waals surface area contributed by atoms with Crippen LogP contribution in [-0.2, 0) is 0 Å². The number of aromatic hydroxyl groups is 1. The van der Waals surface area contributed by atoms with Gasteiger partial charge < -0.3 is 15.5 Å². The Bertz CT molecular complexity index is 319. The van der Waals surface area contributed by atoms with E-state index in [0.29, 0.717) is 0 Å². The maximum atomic E-state index is 9.70. The first-order valence-corrected chi connectivity index (χ1v) is 4.68. The highest BCUT2D eigenvalue weighted by atomic mass is 16.3. The summed E-state index contributed by atoms with van der Waals surface area (Å²) in [6, 6.07) is 3.43. The molecule has 3 nitrogen and oxygen atoms in total. The number of hydrogen-bond donors (Lipinski definition) is 3. The van der Waals surface area contributed by atoms with Crippen molar-refractivity contribution in [1.82, 2.24) is 5.32 Å². The predicted octanol–water partition coefficient (Wildman–Crippen LogP) is 1.26. The Hall–Kier alpha value is -1.06. The van der Waals surface area contributed by atoms with E-state index in [0.717, 1.165) is 16.7 Å². The highest BCUT2D eigenvalue weighted by Crippen LogP contribution is 2.26. The summed E-state index contributed by atoms with van der Waals surface area (Å²) in [5, 5.41) is 21.7. The number of benzene rings is 1. The van der Waals surface area contributed by atoms with Crippen LogP contribution in [0, 0.1) is 13.8 Å². The summed E-state index contributed by atoms with van der Waals surface area (Å²) < 4.78 is 0. The number of aryl methyl sites for hydroxylation is 2. The number of aliphatic hydroxyl groups excluding tert-OH is 1. The Labute approximate surface area is 84.4 Å². The Kier molecular flexibility index (Phi) is 3.49. The number of phenolic OH excluding ortho intramolecular Hbond substituents is 1. The Balaban J connectivity index is 3.14. The fourth-order valence-corrected chi connectivity index (χ4v) is 1.45. The summed E-state index contributed by atoms with van der Waals surface area (Å²) in [7, 11) is 1.76. The first kappa shape index (κ1) is 11.0. The van der Waals surface area contributed by atoms with Crippen molar-refractivity contribution in [2.75, 3.05) is 13.7 Å². The van der Waals surface area contributed by atoms with Crippen LogP contribution in [0.4, 0.5) is 0 Å². The molecule has 1 rings (SSSR count). The molecule has 1 atom stereocenters. The molecule has 3 heteroatoms. The van der Waals surface area contributed by atoms with Gasteiger partial charge in [0, 0.05) is 5.56 Å². The van der Waals surface area contributed by atoms with Gasteiger partial charge in [0.25, 0.3) is 0 Å². The third-order valence-corrected chi connectivity index (χ3v) is 2.55. The molecule has 14 heavy (non-hydrogen) atoms. The Morgan fingerprint density at radius 3 is 2.36 bits per heavy atom. The van der Waals surface area contributed by atoms with Gasteiger partial charge in [0.05, 0.1) is 12.6 Å². The van der Waals surface area contributed by atoms with Crippen LogP contribution in [0.2, 0.25) is 0 Å². The van der Waals surface area contributed by atoms with E-state index >= 15 is 0 Å². The summed E-state index contributed by atoms with van der Waals surface area (Å²) in [5.74, 6) is 0.238. The molecule has 78 valence electrons. The lowest BCUT2D eigenvalue weighted by Gasteiger charge is -2.16. The number of aliphatic hydroxyl groups is 1. The highest BCUT2D eigenvalue weighted by Gasteiger charge is 2.13. The maximum absolute atomic E-state index is 9.70. The quantitative estimate of drug-likeness (QED) is 0.680. The largest absolute Gasteiger partial charge is 0.508 e. The molecule has 0 aliphatic heterocycles. The normalized spacial score (nSPS) is 12.9. The van der Waals surface area contributed by atoms with Gasteiger partial charge in [0.2, 0.25) is 0 Å². The second kappa shape index (κ2) is 4.44. The van der Waals surface area contributed by atoms with E-state index in [4.69, 9.17) is 5.11 Å². The average Bonchev–Trinajstić information content (AvgIpc) is 2.15. The van der Waals surface area contributed by atoms with Gasteiger partial charge in [-0.3, -0.25) is 0 Å². The van der Waals surface area contributed by atoms with Crippen LogP contribution in [0.15, 0.2) is 12.1 Å². The second-order valence-electron chi connectivity index (χ2n) is 3.52. The summed E-state index contributed by atoms with van der Waals surface area (Å²) in [4.78, 5) is 0. The molecule has 0 saturated heterocycles. The van der Waals surface area contributed by atoms with Crippen LogP contribution >= 0.6 is 0 Å². The molecule has 0 aliphatic carbocycles. The topological polar surface area (TPSA) is 52.5 Å². The van der Waals surface area contributed by atoms with Gasteiger partial charge in [-0.05, 0) is 38.1 Å². The predicted molar refractivity (Wildman–Crippen MR) is 56.5 cm³/mol. The molecule has 0 unspecified atom stereocenters. The van der Waals surface area contributed by atoms with E-state index in [1.807, 2.05) is 19.9 Å². The van der Waals surface area contributed by atoms with Crippen LogP contribution in [0.25, 0.3) is 0 Å². The van der Waals surface area contributed by atoms with Crippen LogP contribution in [0.3, 0.4) is 0 Å². The lowest BCUT2D eigenvalue weighted by molar-refractivity contribution is 0.248. The van der Waals surface area contributed by atoms with Gasteiger partial charge >= 0.3 is 0 Å². The molecule has 0 amide bonds. The van der Waals surface area contributed by atoms with Gasteiger partial charge in [-0.2, -0.15) is 0 Å². The van der Waals surface area contributed by atoms with Crippen LogP contribution in [0.5, 0.6) is 5.75 Å². The van der Waals surface area contributed by atoms with Crippen molar-refractivity contribution in [3.63, 3.8) is 0 Å². The minimum atomic E-state index is -0.200. The van der Waals surface area contributed by atoms with E-state index in [1.165, 1.54) is 0 Å². The van der Waals surface area contributed by atoms with Crippen LogP contribution < -0.4 is 5.32 Å². The Morgan fingerprint density at radius 1 is 1.29 bits per heavy atom.